The van der Waals surface area contributed by atoms with Gasteiger partial charge in [-0.2, -0.15) is 9.98 Å². The molecular weight excluding hydrogens is 150 g/mol. The van der Waals surface area contributed by atoms with Crippen LogP contribution < -0.4 is 16.8 Å². The van der Waals surface area contributed by atoms with E-state index in [1.165, 1.54) is 0 Å². The summed E-state index contributed by atoms with van der Waals surface area (Å²) in [7, 11) is 0. The third-order valence-corrected chi connectivity index (χ3v) is 0.862. The Kier molecular flexibility index (Phi) is 1.55. The van der Waals surface area contributed by atoms with Gasteiger partial charge in [-0.1, -0.05) is 0 Å². The quantitative estimate of drug-likeness (QED) is 0.199. The highest BCUT2D eigenvalue weighted by atomic mass is 16.2. The van der Waals surface area contributed by atoms with Crippen LogP contribution in [0.3, 0.4) is 0 Å². The first-order valence-corrected chi connectivity index (χ1v) is 2.63. The molecule has 11 heavy (non-hydrogen) atoms. The van der Waals surface area contributed by atoms with Gasteiger partial charge in [0.05, 0.1) is 0 Å². The molecule has 1 rings (SSSR count). The molecule has 7 heteroatoms. The highest BCUT2D eigenvalue weighted by Crippen LogP contribution is 1.89. The van der Waals surface area contributed by atoms with Gasteiger partial charge in [-0.15, -0.1) is 0 Å². The molecule has 0 saturated carbocycles. The fraction of sp³-hybridized carbons (Fsp3) is 0. The van der Waals surface area contributed by atoms with Crippen molar-refractivity contribution >= 4 is 23.7 Å². The number of carbonyl (C=O) groups excluding carboxylic acids is 2. The molecule has 0 saturated heterocycles. The van der Waals surface area contributed by atoms with Gasteiger partial charge in [-0.05, 0) is 0 Å². The summed E-state index contributed by atoms with van der Waals surface area (Å²) < 4.78 is 0. The number of rotatable bonds is 0. The highest BCUT2D eigenvalue weighted by molar-refractivity contribution is 6.44. The molecule has 0 aliphatic carbocycles. The molecule has 58 valence electrons. The van der Waals surface area contributed by atoms with Crippen LogP contribution >= 0.6 is 0 Å². The van der Waals surface area contributed by atoms with Gasteiger partial charge in [0.25, 0.3) is 0 Å². The van der Waals surface area contributed by atoms with Crippen molar-refractivity contribution in [2.75, 3.05) is 0 Å². The van der Waals surface area contributed by atoms with Crippen LogP contribution in [0.1, 0.15) is 0 Å². The molecule has 0 aromatic rings. The van der Waals surface area contributed by atoms with Crippen LogP contribution in [0.2, 0.25) is 0 Å². The predicted molar refractivity (Wildman–Crippen MR) is 36.4 cm³/mol. The van der Waals surface area contributed by atoms with Gasteiger partial charge in [0, 0.05) is 0 Å². The Hall–Kier alpha value is -1.92. The maximum absolute atomic E-state index is 10.4. The minimum absolute atomic E-state index is 0.167. The van der Waals surface area contributed by atoms with Crippen molar-refractivity contribution in [2.45, 2.75) is 0 Å². The average Bonchev–Trinajstić information content (AvgIpc) is 2.10. The van der Waals surface area contributed by atoms with E-state index in [1.54, 1.807) is 0 Å². The Morgan fingerprint density at radius 3 is 2.45 bits per heavy atom. The monoisotopic (exact) mass is 155 g/mol. The van der Waals surface area contributed by atoms with E-state index in [0.29, 0.717) is 0 Å². The van der Waals surface area contributed by atoms with Crippen LogP contribution in [-0.4, -0.2) is 23.7 Å². The molecule has 1 aliphatic rings. The minimum atomic E-state index is -0.898. The normalized spacial score (nSPS) is 15.8. The van der Waals surface area contributed by atoms with Crippen molar-refractivity contribution < 1.29 is 9.59 Å². The van der Waals surface area contributed by atoms with Gasteiger partial charge < -0.3 is 11.5 Å². The first kappa shape index (κ1) is 7.19. The summed E-state index contributed by atoms with van der Waals surface area (Å²) in [6.07, 6.45) is 0. The van der Waals surface area contributed by atoms with Crippen LogP contribution in [0.5, 0.6) is 0 Å². The van der Waals surface area contributed by atoms with E-state index in [4.69, 9.17) is 11.5 Å². The highest BCUT2D eigenvalue weighted by Gasteiger charge is 2.22. The standard InChI is InChI=1S/C4H5N5O2/c5-3(6)9-4-7-1(10)2(11)8-4/h(H5,5,6,7,8,9,10,11). The van der Waals surface area contributed by atoms with E-state index in [-0.39, 0.29) is 11.9 Å². The first-order valence-electron chi connectivity index (χ1n) is 2.63. The lowest BCUT2D eigenvalue weighted by atomic mass is 10.6. The van der Waals surface area contributed by atoms with Crippen LogP contribution in [0.25, 0.3) is 0 Å². The molecule has 0 radical (unpaired) electrons. The molecule has 1 aliphatic heterocycles. The molecule has 0 fully saturated rings. The Morgan fingerprint density at radius 2 is 2.09 bits per heavy atom. The van der Waals surface area contributed by atoms with Crippen LogP contribution in [0.15, 0.2) is 9.98 Å². The summed E-state index contributed by atoms with van der Waals surface area (Å²) >= 11 is 0. The molecule has 0 bridgehead atoms. The van der Waals surface area contributed by atoms with Crippen LogP contribution in [0.4, 0.5) is 0 Å². The average molecular weight is 155 g/mol. The Balaban J connectivity index is 2.80. The van der Waals surface area contributed by atoms with Crippen molar-refractivity contribution in [3.63, 3.8) is 0 Å². The molecular formula is C4H5N5O2. The SMILES string of the molecule is NC(N)=NC1=NC(=O)C(=O)N1. The second kappa shape index (κ2) is 2.37. The van der Waals surface area contributed by atoms with Crippen molar-refractivity contribution in [1.82, 2.24) is 5.32 Å². The van der Waals surface area contributed by atoms with E-state index in [2.05, 4.69) is 9.98 Å². The number of hydrogen-bond donors (Lipinski definition) is 3. The maximum Gasteiger partial charge on any atom is 0.338 e. The fourth-order valence-corrected chi connectivity index (χ4v) is 0.505. The smallest absolute Gasteiger partial charge is 0.338 e. The molecule has 1 heterocycles. The van der Waals surface area contributed by atoms with E-state index in [9.17, 15) is 9.59 Å². The van der Waals surface area contributed by atoms with E-state index in [0.717, 1.165) is 0 Å². The summed E-state index contributed by atoms with van der Waals surface area (Å²) in [6.45, 7) is 0. The Labute approximate surface area is 61.2 Å². The lowest BCUT2D eigenvalue weighted by molar-refractivity contribution is -0.135. The number of guanidine groups is 2. The van der Waals surface area contributed by atoms with Gasteiger partial charge in [0.1, 0.15) is 0 Å². The summed E-state index contributed by atoms with van der Waals surface area (Å²) in [5.74, 6) is -2.16. The molecule has 5 N–H and O–H groups in total. The third kappa shape index (κ3) is 1.51. The fourth-order valence-electron chi connectivity index (χ4n) is 0.505. The zero-order valence-corrected chi connectivity index (χ0v) is 5.37. The first-order chi connectivity index (χ1) is 5.09. The largest absolute Gasteiger partial charge is 0.370 e. The summed E-state index contributed by atoms with van der Waals surface area (Å²) in [5.41, 5.74) is 9.89. The van der Waals surface area contributed by atoms with Crippen molar-refractivity contribution in [2.24, 2.45) is 21.5 Å². The Bertz CT molecular complexity index is 274. The molecule has 0 atom stereocenters. The van der Waals surface area contributed by atoms with Crippen LogP contribution in [-0.2, 0) is 9.59 Å². The number of aliphatic imine (C=N–C) groups is 2. The zero-order valence-electron chi connectivity index (χ0n) is 5.37. The van der Waals surface area contributed by atoms with Gasteiger partial charge in [0.15, 0.2) is 5.96 Å². The van der Waals surface area contributed by atoms with Gasteiger partial charge in [0.2, 0.25) is 5.96 Å². The summed E-state index contributed by atoms with van der Waals surface area (Å²) in [4.78, 5) is 27.4. The van der Waals surface area contributed by atoms with Crippen molar-refractivity contribution in [3.05, 3.63) is 0 Å². The number of carbonyl (C=O) groups is 2. The van der Waals surface area contributed by atoms with Gasteiger partial charge in [-0.25, -0.2) is 0 Å². The molecule has 7 nitrogen and oxygen atoms in total. The van der Waals surface area contributed by atoms with Gasteiger partial charge in [-0.3, -0.25) is 14.9 Å². The number of amides is 2. The second-order valence-corrected chi connectivity index (χ2v) is 1.73. The van der Waals surface area contributed by atoms with Crippen molar-refractivity contribution in [3.8, 4) is 0 Å². The summed E-state index contributed by atoms with van der Waals surface area (Å²) in [5, 5.41) is 2.05. The number of nitrogens with one attached hydrogen (secondary N) is 1. The number of hydrogen-bond acceptors (Lipinski definition) is 3. The third-order valence-electron chi connectivity index (χ3n) is 0.862. The van der Waals surface area contributed by atoms with E-state index in [1.807, 2.05) is 5.32 Å². The lowest BCUT2D eigenvalue weighted by Gasteiger charge is -1.90. The maximum atomic E-state index is 10.4. The van der Waals surface area contributed by atoms with Crippen molar-refractivity contribution in [1.29, 1.82) is 0 Å². The number of nitrogens with two attached hydrogens (primary N) is 2. The van der Waals surface area contributed by atoms with E-state index < -0.39 is 11.8 Å². The topological polar surface area (TPSA) is 123 Å². The van der Waals surface area contributed by atoms with Crippen LogP contribution in [0, 0.1) is 0 Å². The molecule has 0 aromatic carbocycles. The predicted octanol–water partition coefficient (Wildman–Crippen LogP) is -2.73. The zero-order chi connectivity index (χ0) is 8.43. The molecule has 0 spiro atoms. The second-order valence-electron chi connectivity index (χ2n) is 1.73. The lowest BCUT2D eigenvalue weighted by Crippen LogP contribution is -2.30. The minimum Gasteiger partial charge on any atom is -0.370 e. The molecule has 2 amide bonds. The number of nitrogens with zero attached hydrogens (tertiary/aromatic N) is 2. The van der Waals surface area contributed by atoms with E-state index >= 15 is 0 Å². The summed E-state index contributed by atoms with van der Waals surface area (Å²) in [6, 6.07) is 0. The Morgan fingerprint density at radius 1 is 1.45 bits per heavy atom. The molecule has 0 unspecified atom stereocenters. The van der Waals surface area contributed by atoms with Gasteiger partial charge >= 0.3 is 11.8 Å². The molecule has 0 aromatic heterocycles.